The minimum Gasteiger partial charge on any atom is -0.493 e. The Morgan fingerprint density at radius 2 is 1.81 bits per heavy atom. The molecule has 6 heteroatoms. The largest absolute Gasteiger partial charge is 0.493 e. The Morgan fingerprint density at radius 1 is 1.06 bits per heavy atom. The van der Waals surface area contributed by atoms with Crippen LogP contribution in [-0.4, -0.2) is 36.6 Å². The van der Waals surface area contributed by atoms with E-state index in [0.29, 0.717) is 23.6 Å². The zero-order valence-electron chi connectivity index (χ0n) is 18.7. The van der Waals surface area contributed by atoms with Crippen LogP contribution >= 0.6 is 0 Å². The number of aromatic amines is 1. The number of ether oxygens (including phenoxy) is 2. The van der Waals surface area contributed by atoms with Crippen molar-refractivity contribution in [2.75, 3.05) is 20.8 Å². The maximum absolute atomic E-state index is 13.3. The molecule has 3 aromatic rings. The Morgan fingerprint density at radius 3 is 2.50 bits per heavy atom. The molecule has 6 nitrogen and oxygen atoms in total. The van der Waals surface area contributed by atoms with E-state index in [9.17, 15) is 9.59 Å². The van der Waals surface area contributed by atoms with Crippen molar-refractivity contribution >= 4 is 16.8 Å². The van der Waals surface area contributed by atoms with E-state index in [1.807, 2.05) is 35.2 Å². The van der Waals surface area contributed by atoms with Crippen molar-refractivity contribution in [1.82, 2.24) is 9.88 Å². The van der Waals surface area contributed by atoms with E-state index < -0.39 is 6.04 Å². The number of methoxy groups -OCH3 is 2. The Balaban J connectivity index is 1.72. The summed E-state index contributed by atoms with van der Waals surface area (Å²) in [5.41, 5.74) is 4.45. The molecule has 166 valence electrons. The first-order valence-corrected chi connectivity index (χ1v) is 11.2. The first kappa shape index (κ1) is 20.6. The van der Waals surface area contributed by atoms with E-state index in [-0.39, 0.29) is 17.4 Å². The second-order valence-corrected chi connectivity index (χ2v) is 8.69. The van der Waals surface area contributed by atoms with Crippen molar-refractivity contribution in [2.24, 2.45) is 5.92 Å². The molecule has 0 saturated heterocycles. The third-order valence-electron chi connectivity index (χ3n) is 6.72. The van der Waals surface area contributed by atoms with Gasteiger partial charge in [0.15, 0.2) is 11.5 Å². The lowest BCUT2D eigenvalue weighted by Crippen LogP contribution is -2.43. The van der Waals surface area contributed by atoms with Gasteiger partial charge in [0.25, 0.3) is 5.56 Å². The van der Waals surface area contributed by atoms with Crippen molar-refractivity contribution < 1.29 is 14.3 Å². The van der Waals surface area contributed by atoms with Crippen LogP contribution in [0.1, 0.15) is 48.1 Å². The number of benzene rings is 2. The number of nitrogens with one attached hydrogen (secondary N) is 1. The van der Waals surface area contributed by atoms with Crippen molar-refractivity contribution in [3.8, 4) is 11.5 Å². The van der Waals surface area contributed by atoms with Gasteiger partial charge in [-0.2, -0.15) is 0 Å². The highest BCUT2D eigenvalue weighted by Gasteiger charge is 2.40. The zero-order chi connectivity index (χ0) is 22.4. The highest BCUT2D eigenvalue weighted by Crippen LogP contribution is 2.43. The van der Waals surface area contributed by atoms with Crippen LogP contribution in [0.3, 0.4) is 0 Å². The average Bonchev–Trinajstić information content (AvgIpc) is 3.67. The molecule has 2 aromatic carbocycles. The van der Waals surface area contributed by atoms with E-state index in [2.05, 4.69) is 18.0 Å². The summed E-state index contributed by atoms with van der Waals surface area (Å²) in [6.45, 7) is 2.69. The molecule has 1 aliphatic heterocycles. The number of carbonyl (C=O) groups excluding carboxylic acids is 1. The third-order valence-corrected chi connectivity index (χ3v) is 6.72. The van der Waals surface area contributed by atoms with Gasteiger partial charge in [-0.1, -0.05) is 13.0 Å². The number of nitrogens with zero attached hydrogens (tertiary/aromatic N) is 1. The summed E-state index contributed by atoms with van der Waals surface area (Å²) in [5, 5.41) is 0.977. The molecule has 1 aromatic heterocycles. The SMILES string of the molecule is CCc1ccc2[nH]c(=O)c(C3c4cc(OC)c(OC)cc4CCN3C(=O)C3CC3)cc2c1. The first-order chi connectivity index (χ1) is 15.5. The van der Waals surface area contributed by atoms with Crippen molar-refractivity contribution in [3.05, 3.63) is 69.0 Å². The number of amides is 1. The predicted octanol–water partition coefficient (Wildman–Crippen LogP) is 3.99. The monoisotopic (exact) mass is 432 g/mol. The van der Waals surface area contributed by atoms with Crippen molar-refractivity contribution in [1.29, 1.82) is 0 Å². The number of H-pyrrole nitrogens is 1. The second-order valence-electron chi connectivity index (χ2n) is 8.69. The minimum absolute atomic E-state index is 0.0745. The van der Waals surface area contributed by atoms with Crippen LogP contribution in [0.25, 0.3) is 10.9 Å². The molecule has 1 saturated carbocycles. The highest BCUT2D eigenvalue weighted by molar-refractivity contribution is 5.83. The number of pyridine rings is 1. The molecular formula is C26H28N2O4. The lowest BCUT2D eigenvalue weighted by molar-refractivity contribution is -0.134. The molecule has 1 atom stereocenters. The summed E-state index contributed by atoms with van der Waals surface area (Å²) in [5.74, 6) is 1.47. The topological polar surface area (TPSA) is 71.6 Å². The van der Waals surface area contributed by atoms with Gasteiger partial charge in [-0.25, -0.2) is 0 Å². The third kappa shape index (κ3) is 3.44. The molecule has 1 amide bonds. The fourth-order valence-electron chi connectivity index (χ4n) is 4.78. The molecule has 5 rings (SSSR count). The van der Waals surface area contributed by atoms with Crippen LogP contribution in [-0.2, 0) is 17.6 Å². The average molecular weight is 433 g/mol. The summed E-state index contributed by atoms with van der Waals surface area (Å²) in [7, 11) is 3.22. The maximum atomic E-state index is 13.3. The second kappa shape index (κ2) is 8.01. The van der Waals surface area contributed by atoms with Crippen LogP contribution in [0.15, 0.2) is 41.2 Å². The Hall–Kier alpha value is -3.28. The fraction of sp³-hybridized carbons (Fsp3) is 0.385. The maximum Gasteiger partial charge on any atom is 0.254 e. The van der Waals surface area contributed by atoms with Gasteiger partial charge in [-0.05, 0) is 78.1 Å². The standard InChI is InChI=1S/C26H28N2O4/c1-4-15-5-8-21-18(11-15)12-20(25(29)27-21)24-19-14-23(32-3)22(31-2)13-17(19)9-10-28(24)26(30)16-6-7-16/h5,8,11-14,16,24H,4,6-7,9-10H2,1-3H3,(H,27,29). The van der Waals surface area contributed by atoms with Gasteiger partial charge in [-0.3, -0.25) is 9.59 Å². The lowest BCUT2D eigenvalue weighted by Gasteiger charge is -2.38. The molecule has 2 aliphatic rings. The smallest absolute Gasteiger partial charge is 0.254 e. The van der Waals surface area contributed by atoms with E-state index in [4.69, 9.17) is 9.47 Å². The van der Waals surface area contributed by atoms with Gasteiger partial charge >= 0.3 is 0 Å². The number of aryl methyl sites for hydroxylation is 1. The summed E-state index contributed by atoms with van der Waals surface area (Å²) in [4.78, 5) is 31.5. The van der Waals surface area contributed by atoms with Crippen LogP contribution in [0.2, 0.25) is 0 Å². The highest BCUT2D eigenvalue weighted by atomic mass is 16.5. The Kier molecular flexibility index (Phi) is 5.16. The van der Waals surface area contributed by atoms with E-state index in [0.717, 1.165) is 47.7 Å². The Labute approximate surface area is 187 Å². The molecule has 0 radical (unpaired) electrons. The number of carbonyl (C=O) groups is 1. The molecule has 2 heterocycles. The summed E-state index contributed by atoms with van der Waals surface area (Å²) < 4.78 is 11.1. The van der Waals surface area contributed by atoms with Crippen molar-refractivity contribution in [3.63, 3.8) is 0 Å². The molecular weight excluding hydrogens is 404 g/mol. The van der Waals surface area contributed by atoms with Gasteiger partial charge in [0, 0.05) is 23.5 Å². The lowest BCUT2D eigenvalue weighted by atomic mass is 9.87. The number of rotatable bonds is 5. The van der Waals surface area contributed by atoms with Gasteiger partial charge in [-0.15, -0.1) is 0 Å². The molecule has 32 heavy (non-hydrogen) atoms. The van der Waals surface area contributed by atoms with Crippen LogP contribution in [0, 0.1) is 5.92 Å². The van der Waals surface area contributed by atoms with Gasteiger partial charge in [0.1, 0.15) is 0 Å². The normalized spacial score (nSPS) is 17.8. The van der Waals surface area contributed by atoms with E-state index in [1.54, 1.807) is 14.2 Å². The molecule has 0 spiro atoms. The number of hydrogen-bond acceptors (Lipinski definition) is 4. The quantitative estimate of drug-likeness (QED) is 0.662. The van der Waals surface area contributed by atoms with Crippen LogP contribution in [0.5, 0.6) is 11.5 Å². The van der Waals surface area contributed by atoms with Gasteiger partial charge < -0.3 is 19.4 Å². The van der Waals surface area contributed by atoms with Crippen molar-refractivity contribution in [2.45, 2.75) is 38.6 Å². The molecule has 0 bridgehead atoms. The fourth-order valence-corrected chi connectivity index (χ4v) is 4.78. The van der Waals surface area contributed by atoms with Crippen LogP contribution in [0.4, 0.5) is 0 Å². The minimum atomic E-state index is -0.454. The number of hydrogen-bond donors (Lipinski definition) is 1. The zero-order valence-corrected chi connectivity index (χ0v) is 18.7. The van der Waals surface area contributed by atoms with E-state index in [1.165, 1.54) is 5.56 Å². The van der Waals surface area contributed by atoms with Gasteiger partial charge in [0.2, 0.25) is 5.91 Å². The predicted molar refractivity (Wildman–Crippen MR) is 123 cm³/mol. The van der Waals surface area contributed by atoms with E-state index >= 15 is 0 Å². The molecule has 1 unspecified atom stereocenters. The molecule has 1 aliphatic carbocycles. The van der Waals surface area contributed by atoms with Crippen LogP contribution < -0.4 is 15.0 Å². The number of fused-ring (bicyclic) bond motifs is 2. The molecule has 1 fully saturated rings. The summed E-state index contributed by atoms with van der Waals surface area (Å²) >= 11 is 0. The first-order valence-electron chi connectivity index (χ1n) is 11.2. The van der Waals surface area contributed by atoms with Gasteiger partial charge in [0.05, 0.1) is 20.3 Å². The summed E-state index contributed by atoms with van der Waals surface area (Å²) in [6.07, 6.45) is 3.49. The Bertz CT molecular complexity index is 1260. The summed E-state index contributed by atoms with van der Waals surface area (Å²) in [6, 6.07) is 11.5. The number of aromatic nitrogens is 1. The molecule has 1 N–H and O–H groups in total.